The van der Waals surface area contributed by atoms with Crippen molar-refractivity contribution >= 4 is 39.1 Å². The van der Waals surface area contributed by atoms with Crippen molar-refractivity contribution in [2.24, 2.45) is 0 Å². The Labute approximate surface area is 201 Å². The third kappa shape index (κ3) is 7.20. The van der Waals surface area contributed by atoms with Crippen LogP contribution in [0.2, 0.25) is 5.02 Å². The van der Waals surface area contributed by atoms with Crippen molar-refractivity contribution in [1.29, 1.82) is 0 Å². The van der Waals surface area contributed by atoms with Crippen molar-refractivity contribution in [2.45, 2.75) is 52.7 Å². The van der Waals surface area contributed by atoms with Crippen LogP contribution in [0, 0.1) is 6.92 Å². The summed E-state index contributed by atoms with van der Waals surface area (Å²) in [6.07, 6.45) is 1.40. The fourth-order valence-corrected chi connectivity index (χ4v) is 4.67. The largest absolute Gasteiger partial charge is 0.352 e. The first-order valence-corrected chi connectivity index (χ1v) is 13.0. The summed E-state index contributed by atoms with van der Waals surface area (Å²) in [4.78, 5) is 28.0. The Bertz CT molecular complexity index is 1090. The molecule has 180 valence electrons. The maximum Gasteiger partial charge on any atom is 0.244 e. The minimum Gasteiger partial charge on any atom is -0.352 e. The Morgan fingerprint density at radius 3 is 2.21 bits per heavy atom. The monoisotopic (exact) mass is 493 g/mol. The summed E-state index contributed by atoms with van der Waals surface area (Å²) in [6, 6.07) is 13.2. The summed E-state index contributed by atoms with van der Waals surface area (Å²) in [5, 5.41) is 3.08. The molecule has 0 saturated carbocycles. The van der Waals surface area contributed by atoms with Crippen molar-refractivity contribution in [1.82, 2.24) is 10.2 Å². The number of nitrogens with one attached hydrogen (secondary N) is 1. The molecule has 33 heavy (non-hydrogen) atoms. The molecule has 0 aliphatic carbocycles. The van der Waals surface area contributed by atoms with E-state index in [0.29, 0.717) is 6.42 Å². The molecule has 0 heterocycles. The summed E-state index contributed by atoms with van der Waals surface area (Å²) < 4.78 is 26.2. The highest BCUT2D eigenvalue weighted by Crippen LogP contribution is 2.27. The van der Waals surface area contributed by atoms with Gasteiger partial charge in [-0.15, -0.1) is 0 Å². The lowest BCUT2D eigenvalue weighted by molar-refractivity contribution is -0.140. The van der Waals surface area contributed by atoms with E-state index in [2.05, 4.69) is 5.32 Å². The molecule has 2 amide bonds. The molecule has 0 spiro atoms. The zero-order valence-electron chi connectivity index (χ0n) is 19.7. The van der Waals surface area contributed by atoms with Gasteiger partial charge < -0.3 is 10.2 Å². The number of carbonyl (C=O) groups excluding carboxylic acids is 2. The molecule has 2 aromatic rings. The predicted octanol–water partition coefficient (Wildman–Crippen LogP) is 3.75. The van der Waals surface area contributed by atoms with Crippen LogP contribution in [-0.2, 0) is 26.2 Å². The summed E-state index contributed by atoms with van der Waals surface area (Å²) >= 11 is 6.24. The lowest BCUT2D eigenvalue weighted by atomic mass is 10.1. The Hall–Kier alpha value is -2.58. The number of aryl methyl sites for hydroxylation is 1. The van der Waals surface area contributed by atoms with Gasteiger partial charge in [-0.25, -0.2) is 8.42 Å². The third-order valence-corrected chi connectivity index (χ3v) is 6.67. The topological polar surface area (TPSA) is 86.8 Å². The van der Waals surface area contributed by atoms with Gasteiger partial charge in [0.25, 0.3) is 0 Å². The molecule has 1 atom stereocenters. The quantitative estimate of drug-likeness (QED) is 0.546. The van der Waals surface area contributed by atoms with Crippen LogP contribution in [0.15, 0.2) is 48.5 Å². The summed E-state index contributed by atoms with van der Waals surface area (Å²) in [5.74, 6) is -0.771. The Morgan fingerprint density at radius 2 is 1.67 bits per heavy atom. The van der Waals surface area contributed by atoms with Gasteiger partial charge in [-0.1, -0.05) is 54.9 Å². The Balaban J connectivity index is 2.47. The number of rotatable bonds is 10. The van der Waals surface area contributed by atoms with Crippen LogP contribution in [0.5, 0.6) is 0 Å². The average Bonchev–Trinajstić information content (AvgIpc) is 2.72. The molecule has 0 radical (unpaired) electrons. The van der Waals surface area contributed by atoms with E-state index in [1.54, 1.807) is 24.3 Å². The fourth-order valence-electron chi connectivity index (χ4n) is 3.52. The van der Waals surface area contributed by atoms with Gasteiger partial charge in [-0.05, 0) is 50.5 Å². The van der Waals surface area contributed by atoms with E-state index in [-0.39, 0.29) is 29.2 Å². The number of benzene rings is 2. The highest BCUT2D eigenvalue weighted by Gasteiger charge is 2.32. The smallest absolute Gasteiger partial charge is 0.244 e. The van der Waals surface area contributed by atoms with Gasteiger partial charge in [0.1, 0.15) is 12.6 Å². The van der Waals surface area contributed by atoms with Gasteiger partial charge in [0.15, 0.2) is 0 Å². The molecule has 0 saturated heterocycles. The standard InChI is InChI=1S/C24H32ClN3O4S/c1-6-21(24(30)26-17(2)3)27(15-19-12-8-7-11-18(19)4)23(29)16-28(33(5,31)32)22-14-10-9-13-20(22)25/h7-14,17,21H,6,15-16H2,1-5H3,(H,26,30)/t21-/m0/s1. The zero-order valence-corrected chi connectivity index (χ0v) is 21.3. The van der Waals surface area contributed by atoms with E-state index >= 15 is 0 Å². The van der Waals surface area contributed by atoms with Gasteiger partial charge in [0.05, 0.1) is 17.0 Å². The number of halogens is 1. The molecule has 0 aromatic heterocycles. The van der Waals surface area contributed by atoms with E-state index < -0.39 is 28.5 Å². The Kier molecular flexibility index (Phi) is 9.31. The van der Waals surface area contributed by atoms with Crippen LogP contribution in [-0.4, -0.2) is 50.0 Å². The minimum absolute atomic E-state index is 0.0994. The number of para-hydroxylation sites is 1. The van der Waals surface area contributed by atoms with Gasteiger partial charge in [0.2, 0.25) is 21.8 Å². The fraction of sp³-hybridized carbons (Fsp3) is 0.417. The first-order valence-electron chi connectivity index (χ1n) is 10.8. The summed E-state index contributed by atoms with van der Waals surface area (Å²) in [7, 11) is -3.82. The number of amides is 2. The minimum atomic E-state index is -3.82. The zero-order chi connectivity index (χ0) is 24.8. The first-order chi connectivity index (χ1) is 15.5. The average molecular weight is 494 g/mol. The second-order valence-corrected chi connectivity index (χ2v) is 10.6. The van der Waals surface area contributed by atoms with Gasteiger partial charge in [0, 0.05) is 12.6 Å². The molecule has 0 aliphatic rings. The molecule has 1 N–H and O–H groups in total. The van der Waals surface area contributed by atoms with Crippen LogP contribution in [0.25, 0.3) is 0 Å². The number of hydrogen-bond acceptors (Lipinski definition) is 4. The third-order valence-electron chi connectivity index (χ3n) is 5.22. The molecule has 2 aromatic carbocycles. The maximum absolute atomic E-state index is 13.6. The van der Waals surface area contributed by atoms with E-state index in [9.17, 15) is 18.0 Å². The summed E-state index contributed by atoms with van der Waals surface area (Å²) in [5.41, 5.74) is 2.07. The van der Waals surface area contributed by atoms with Gasteiger partial charge in [-0.3, -0.25) is 13.9 Å². The van der Waals surface area contributed by atoms with Crippen molar-refractivity contribution in [2.75, 3.05) is 17.1 Å². The van der Waals surface area contributed by atoms with Crippen molar-refractivity contribution in [3.63, 3.8) is 0 Å². The molecule has 0 unspecified atom stereocenters. The van der Waals surface area contributed by atoms with Crippen LogP contribution in [0.3, 0.4) is 0 Å². The Morgan fingerprint density at radius 1 is 1.06 bits per heavy atom. The number of carbonyl (C=O) groups is 2. The van der Waals surface area contributed by atoms with Crippen molar-refractivity contribution in [3.8, 4) is 0 Å². The van der Waals surface area contributed by atoms with Crippen LogP contribution in [0.4, 0.5) is 5.69 Å². The molecule has 7 nitrogen and oxygen atoms in total. The van der Waals surface area contributed by atoms with Crippen molar-refractivity contribution in [3.05, 3.63) is 64.7 Å². The van der Waals surface area contributed by atoms with E-state index in [1.165, 1.54) is 4.90 Å². The first kappa shape index (κ1) is 26.7. The molecular weight excluding hydrogens is 462 g/mol. The van der Waals surface area contributed by atoms with E-state index in [0.717, 1.165) is 21.7 Å². The van der Waals surface area contributed by atoms with Crippen LogP contribution >= 0.6 is 11.6 Å². The highest BCUT2D eigenvalue weighted by atomic mass is 35.5. The second-order valence-electron chi connectivity index (χ2n) is 8.26. The molecule has 0 fully saturated rings. The number of hydrogen-bond donors (Lipinski definition) is 1. The maximum atomic E-state index is 13.6. The number of anilines is 1. The number of nitrogens with zero attached hydrogens (tertiary/aromatic N) is 2. The lowest BCUT2D eigenvalue weighted by Crippen LogP contribution is -2.53. The SMILES string of the molecule is CC[C@@H](C(=O)NC(C)C)N(Cc1ccccc1C)C(=O)CN(c1ccccc1Cl)S(C)(=O)=O. The highest BCUT2D eigenvalue weighted by molar-refractivity contribution is 7.92. The second kappa shape index (κ2) is 11.5. The van der Waals surface area contributed by atoms with Crippen LogP contribution in [0.1, 0.15) is 38.3 Å². The van der Waals surface area contributed by atoms with Crippen molar-refractivity contribution < 1.29 is 18.0 Å². The molecule has 0 bridgehead atoms. The lowest BCUT2D eigenvalue weighted by Gasteiger charge is -2.33. The molecule has 2 rings (SSSR count). The molecular formula is C24H32ClN3O4S. The van der Waals surface area contributed by atoms with E-state index in [1.807, 2.05) is 52.0 Å². The molecule has 9 heteroatoms. The van der Waals surface area contributed by atoms with E-state index in [4.69, 9.17) is 11.6 Å². The predicted molar refractivity (Wildman–Crippen MR) is 133 cm³/mol. The van der Waals surface area contributed by atoms with Gasteiger partial charge in [-0.2, -0.15) is 0 Å². The normalized spacial score (nSPS) is 12.3. The molecule has 0 aliphatic heterocycles. The summed E-state index contributed by atoms with van der Waals surface area (Å²) in [6.45, 7) is 7.15. The number of sulfonamides is 1. The van der Waals surface area contributed by atoms with Crippen LogP contribution < -0.4 is 9.62 Å². The van der Waals surface area contributed by atoms with Gasteiger partial charge >= 0.3 is 0 Å².